The van der Waals surface area contributed by atoms with E-state index in [1.807, 2.05) is 13.0 Å². The van der Waals surface area contributed by atoms with E-state index in [9.17, 15) is 9.59 Å². The number of unbranched alkanes of at least 4 members (excludes halogenated alkanes) is 1. The summed E-state index contributed by atoms with van der Waals surface area (Å²) in [6.07, 6.45) is 6.62. The third kappa shape index (κ3) is 6.97. The molecule has 62 valence electrons. The van der Waals surface area contributed by atoms with Gasteiger partial charge in [-0.05, 0) is 19.8 Å². The molecule has 0 spiro atoms. The van der Waals surface area contributed by atoms with Crippen molar-refractivity contribution in [2.45, 2.75) is 32.6 Å². The van der Waals surface area contributed by atoms with Gasteiger partial charge >= 0.3 is 0 Å². The van der Waals surface area contributed by atoms with Gasteiger partial charge in [0.15, 0.2) is 0 Å². The predicted octanol–water partition coefficient (Wildman–Crippen LogP) is 1.89. The Morgan fingerprint density at radius 2 is 1.73 bits per heavy atom. The van der Waals surface area contributed by atoms with Crippen LogP contribution < -0.4 is 0 Å². The molecule has 0 heterocycles. The van der Waals surface area contributed by atoms with E-state index < -0.39 is 0 Å². The van der Waals surface area contributed by atoms with Gasteiger partial charge in [-0.1, -0.05) is 11.6 Å². The Morgan fingerprint density at radius 1 is 1.09 bits per heavy atom. The first-order valence-electron chi connectivity index (χ1n) is 3.84. The lowest BCUT2D eigenvalue weighted by Gasteiger charge is -1.94. The number of rotatable bonds is 6. The largest absolute Gasteiger partial charge is 0.303 e. The topological polar surface area (TPSA) is 34.1 Å². The van der Waals surface area contributed by atoms with Gasteiger partial charge in [-0.15, -0.1) is 0 Å². The molecule has 0 saturated heterocycles. The Kier molecular flexibility index (Phi) is 6.59. The molecule has 0 aliphatic rings. The highest BCUT2D eigenvalue weighted by molar-refractivity contribution is 5.50. The van der Waals surface area contributed by atoms with Crippen LogP contribution in [0.1, 0.15) is 32.6 Å². The molecule has 11 heavy (non-hydrogen) atoms. The van der Waals surface area contributed by atoms with Crippen molar-refractivity contribution in [2.24, 2.45) is 0 Å². The van der Waals surface area contributed by atoms with E-state index in [1.54, 1.807) is 0 Å². The molecule has 0 aromatic heterocycles. The summed E-state index contributed by atoms with van der Waals surface area (Å²) in [7, 11) is 0. The Morgan fingerprint density at radius 3 is 2.27 bits per heavy atom. The third-order valence-corrected chi connectivity index (χ3v) is 1.43. The van der Waals surface area contributed by atoms with E-state index in [0.29, 0.717) is 12.8 Å². The molecule has 0 aromatic carbocycles. The molecule has 2 nitrogen and oxygen atoms in total. The summed E-state index contributed by atoms with van der Waals surface area (Å²) >= 11 is 0. The van der Waals surface area contributed by atoms with Crippen LogP contribution in [0.15, 0.2) is 11.6 Å². The molecule has 0 unspecified atom stereocenters. The Bertz CT molecular complexity index is 148. The van der Waals surface area contributed by atoms with Gasteiger partial charge in [-0.25, -0.2) is 0 Å². The summed E-state index contributed by atoms with van der Waals surface area (Å²) in [6.45, 7) is 1.98. The van der Waals surface area contributed by atoms with Crippen LogP contribution >= 0.6 is 0 Å². The SMILES string of the molecule is CC(=CCCC=O)CCC=O. The summed E-state index contributed by atoms with van der Waals surface area (Å²) in [4.78, 5) is 19.9. The van der Waals surface area contributed by atoms with Crippen molar-refractivity contribution >= 4 is 12.6 Å². The predicted molar refractivity (Wildman–Crippen MR) is 44.4 cm³/mol. The van der Waals surface area contributed by atoms with Gasteiger partial charge in [0.2, 0.25) is 0 Å². The zero-order valence-electron chi connectivity index (χ0n) is 6.88. The number of hydrogen-bond donors (Lipinski definition) is 0. The van der Waals surface area contributed by atoms with E-state index in [0.717, 1.165) is 25.4 Å². The van der Waals surface area contributed by atoms with Gasteiger partial charge in [0.05, 0.1) is 0 Å². The minimum Gasteiger partial charge on any atom is -0.303 e. The summed E-state index contributed by atoms with van der Waals surface area (Å²) in [5.41, 5.74) is 1.19. The van der Waals surface area contributed by atoms with Gasteiger partial charge in [0, 0.05) is 12.8 Å². The molecule has 0 saturated carbocycles. The minimum atomic E-state index is 0.582. The fourth-order valence-electron chi connectivity index (χ4n) is 0.786. The standard InChI is InChI=1S/C9H14O2/c1-9(6-4-8-11)5-2-3-7-10/h5,7-8H,2-4,6H2,1H3. The molecule has 0 amide bonds. The Hall–Kier alpha value is -0.920. The Balaban J connectivity index is 3.44. The maximum absolute atomic E-state index is 9.96. The molecule has 0 rings (SSSR count). The minimum absolute atomic E-state index is 0.582. The molecular weight excluding hydrogens is 140 g/mol. The number of carbonyl (C=O) groups excluding carboxylic acids is 2. The molecule has 0 aliphatic carbocycles. The number of hydrogen-bond acceptors (Lipinski definition) is 2. The zero-order valence-corrected chi connectivity index (χ0v) is 6.88. The highest BCUT2D eigenvalue weighted by Gasteiger charge is 1.88. The van der Waals surface area contributed by atoms with Crippen LogP contribution in [0.4, 0.5) is 0 Å². The first kappa shape index (κ1) is 10.1. The normalized spacial score (nSPS) is 11.2. The van der Waals surface area contributed by atoms with Crippen molar-refractivity contribution in [1.82, 2.24) is 0 Å². The van der Waals surface area contributed by atoms with Crippen molar-refractivity contribution in [1.29, 1.82) is 0 Å². The summed E-state index contributed by atoms with van der Waals surface area (Å²) in [6, 6.07) is 0. The molecule has 0 bridgehead atoms. The van der Waals surface area contributed by atoms with Crippen molar-refractivity contribution < 1.29 is 9.59 Å². The number of aldehydes is 2. The van der Waals surface area contributed by atoms with Crippen LogP contribution in [-0.4, -0.2) is 12.6 Å². The smallest absolute Gasteiger partial charge is 0.120 e. The summed E-state index contributed by atoms with van der Waals surface area (Å²) in [5, 5.41) is 0. The first-order chi connectivity index (χ1) is 5.31. The van der Waals surface area contributed by atoms with Crippen LogP contribution in [0.3, 0.4) is 0 Å². The highest BCUT2D eigenvalue weighted by Crippen LogP contribution is 2.03. The molecule has 0 fully saturated rings. The fourth-order valence-corrected chi connectivity index (χ4v) is 0.786. The lowest BCUT2D eigenvalue weighted by Crippen LogP contribution is -1.80. The van der Waals surface area contributed by atoms with E-state index >= 15 is 0 Å². The lowest BCUT2D eigenvalue weighted by atomic mass is 10.1. The maximum Gasteiger partial charge on any atom is 0.120 e. The van der Waals surface area contributed by atoms with Gasteiger partial charge in [-0.3, -0.25) is 0 Å². The van der Waals surface area contributed by atoms with Gasteiger partial charge < -0.3 is 9.59 Å². The quantitative estimate of drug-likeness (QED) is 0.332. The number of allylic oxidation sites excluding steroid dienone is 2. The average Bonchev–Trinajstić information content (AvgIpc) is 2.01. The van der Waals surface area contributed by atoms with Crippen molar-refractivity contribution in [3.63, 3.8) is 0 Å². The zero-order chi connectivity index (χ0) is 8.53. The van der Waals surface area contributed by atoms with E-state index in [1.165, 1.54) is 5.57 Å². The second kappa shape index (κ2) is 7.19. The second-order valence-electron chi connectivity index (χ2n) is 2.50. The van der Waals surface area contributed by atoms with Crippen LogP contribution in [0.5, 0.6) is 0 Å². The monoisotopic (exact) mass is 154 g/mol. The highest BCUT2D eigenvalue weighted by atomic mass is 16.1. The summed E-state index contributed by atoms with van der Waals surface area (Å²) < 4.78 is 0. The molecule has 0 radical (unpaired) electrons. The van der Waals surface area contributed by atoms with Gasteiger partial charge in [0.25, 0.3) is 0 Å². The molecule has 0 aromatic rings. The molecular formula is C9H14O2. The fraction of sp³-hybridized carbons (Fsp3) is 0.556. The van der Waals surface area contributed by atoms with E-state index in [4.69, 9.17) is 0 Å². The van der Waals surface area contributed by atoms with E-state index in [2.05, 4.69) is 0 Å². The van der Waals surface area contributed by atoms with E-state index in [-0.39, 0.29) is 0 Å². The average molecular weight is 154 g/mol. The van der Waals surface area contributed by atoms with Gasteiger partial charge in [-0.2, -0.15) is 0 Å². The van der Waals surface area contributed by atoms with Gasteiger partial charge in [0.1, 0.15) is 12.6 Å². The molecule has 0 N–H and O–H groups in total. The molecule has 0 atom stereocenters. The Labute approximate surface area is 67.3 Å². The van der Waals surface area contributed by atoms with Crippen molar-refractivity contribution in [3.8, 4) is 0 Å². The van der Waals surface area contributed by atoms with Crippen molar-refractivity contribution in [3.05, 3.63) is 11.6 Å². The third-order valence-electron chi connectivity index (χ3n) is 1.43. The lowest BCUT2D eigenvalue weighted by molar-refractivity contribution is -0.108. The molecule has 0 aliphatic heterocycles. The van der Waals surface area contributed by atoms with Crippen LogP contribution in [-0.2, 0) is 9.59 Å². The van der Waals surface area contributed by atoms with Crippen LogP contribution in [0, 0.1) is 0 Å². The summed E-state index contributed by atoms with van der Waals surface area (Å²) in [5.74, 6) is 0. The first-order valence-corrected chi connectivity index (χ1v) is 3.84. The maximum atomic E-state index is 9.96. The number of carbonyl (C=O) groups is 2. The van der Waals surface area contributed by atoms with Crippen molar-refractivity contribution in [2.75, 3.05) is 0 Å². The second-order valence-corrected chi connectivity index (χ2v) is 2.50. The van der Waals surface area contributed by atoms with Crippen LogP contribution in [0.25, 0.3) is 0 Å². The molecule has 2 heteroatoms. The van der Waals surface area contributed by atoms with Crippen LogP contribution in [0.2, 0.25) is 0 Å².